The molecule has 0 bridgehead atoms. The summed E-state index contributed by atoms with van der Waals surface area (Å²) in [5, 5.41) is 8.17. The van der Waals surface area contributed by atoms with Gasteiger partial charge in [-0.15, -0.1) is 10.2 Å². The molecule has 0 amide bonds. The van der Waals surface area contributed by atoms with Gasteiger partial charge in [0.05, 0.1) is 5.69 Å². The Kier molecular flexibility index (Phi) is 4.99. The maximum absolute atomic E-state index is 5.93. The summed E-state index contributed by atoms with van der Waals surface area (Å²) in [7, 11) is 0. The lowest BCUT2D eigenvalue weighted by atomic mass is 10.1. The molecule has 0 aromatic carbocycles. The summed E-state index contributed by atoms with van der Waals surface area (Å²) in [6.07, 6.45) is 4.74. The molecule has 0 unspecified atom stereocenters. The van der Waals surface area contributed by atoms with Crippen molar-refractivity contribution in [3.8, 4) is 0 Å². The Morgan fingerprint density at radius 1 is 1.33 bits per heavy atom. The van der Waals surface area contributed by atoms with E-state index >= 15 is 0 Å². The van der Waals surface area contributed by atoms with Gasteiger partial charge in [0, 0.05) is 17.1 Å². The first-order valence-corrected chi connectivity index (χ1v) is 8.35. The van der Waals surface area contributed by atoms with Crippen LogP contribution >= 0.6 is 34.9 Å². The lowest BCUT2D eigenvalue weighted by Crippen LogP contribution is -2.10. The number of rotatable bonds is 5. The second-order valence-corrected chi connectivity index (χ2v) is 6.93. The lowest BCUT2D eigenvalue weighted by Gasteiger charge is -2.07. The quantitative estimate of drug-likeness (QED) is 0.855. The van der Waals surface area contributed by atoms with Crippen LogP contribution in [0.3, 0.4) is 0 Å². The van der Waals surface area contributed by atoms with Crippen molar-refractivity contribution in [1.29, 1.82) is 0 Å². The normalized spacial score (nSPS) is 12.6. The molecule has 0 spiro atoms. The maximum atomic E-state index is 5.93. The van der Waals surface area contributed by atoms with Crippen molar-refractivity contribution in [2.75, 3.05) is 6.26 Å². The van der Waals surface area contributed by atoms with Crippen molar-refractivity contribution in [3.05, 3.63) is 24.0 Å². The molecule has 2 rings (SSSR count). The smallest absolute Gasteiger partial charge is 0.179 e. The average Bonchev–Trinajstić information content (AvgIpc) is 2.86. The number of thioether (sulfide) groups is 1. The summed E-state index contributed by atoms with van der Waals surface area (Å²) >= 11 is 4.78. The van der Waals surface area contributed by atoms with Crippen LogP contribution in [0.25, 0.3) is 0 Å². The number of hydrogen-bond donors (Lipinski definition) is 1. The average molecular weight is 298 g/mol. The Labute approximate surface area is 119 Å². The Morgan fingerprint density at radius 3 is 2.67 bits per heavy atom. The first-order valence-electron chi connectivity index (χ1n) is 5.49. The summed E-state index contributed by atoms with van der Waals surface area (Å²) in [6.45, 7) is 2.06. The van der Waals surface area contributed by atoms with Crippen molar-refractivity contribution in [2.24, 2.45) is 5.73 Å². The second-order valence-electron chi connectivity index (χ2n) is 3.57. The zero-order chi connectivity index (χ0) is 13.0. The molecule has 0 aliphatic heterocycles. The van der Waals surface area contributed by atoms with Gasteiger partial charge >= 0.3 is 0 Å². The van der Waals surface area contributed by atoms with Crippen molar-refractivity contribution in [1.82, 2.24) is 15.2 Å². The standard InChI is InChI=1S/C11H14N4S3/c1-3-8(12)9-5-4-7(6-13-9)17-11-15-14-10(16-2)18-11/h4-6,8H,3,12H2,1-2H3/t8-/m1/s1. The van der Waals surface area contributed by atoms with E-state index in [1.165, 1.54) is 0 Å². The highest BCUT2D eigenvalue weighted by molar-refractivity contribution is 8.03. The molecule has 0 aliphatic carbocycles. The van der Waals surface area contributed by atoms with Crippen LogP contribution in [0.15, 0.2) is 31.9 Å². The van der Waals surface area contributed by atoms with Gasteiger partial charge in [-0.1, -0.05) is 41.8 Å². The minimum atomic E-state index is 0.0219. The summed E-state index contributed by atoms with van der Waals surface area (Å²) < 4.78 is 1.92. The van der Waals surface area contributed by atoms with E-state index in [-0.39, 0.29) is 6.04 Å². The third-order valence-corrected chi connectivity index (χ3v) is 5.27. The van der Waals surface area contributed by atoms with E-state index < -0.39 is 0 Å². The molecule has 0 aliphatic rings. The Balaban J connectivity index is 2.06. The highest BCUT2D eigenvalue weighted by Gasteiger charge is 2.07. The van der Waals surface area contributed by atoms with Gasteiger partial charge in [0.2, 0.25) is 0 Å². The predicted octanol–water partition coefficient (Wildman–Crippen LogP) is 3.22. The molecule has 1 atom stereocenters. The third kappa shape index (κ3) is 3.44. The number of hydrogen-bond acceptors (Lipinski definition) is 7. The molecule has 7 heteroatoms. The van der Waals surface area contributed by atoms with Gasteiger partial charge in [-0.2, -0.15) is 0 Å². The molecule has 96 valence electrons. The van der Waals surface area contributed by atoms with Crippen LogP contribution in [0.4, 0.5) is 0 Å². The molecule has 2 N–H and O–H groups in total. The fourth-order valence-corrected chi connectivity index (χ4v) is 3.68. The van der Waals surface area contributed by atoms with E-state index in [0.29, 0.717) is 0 Å². The maximum Gasteiger partial charge on any atom is 0.179 e. The summed E-state index contributed by atoms with van der Waals surface area (Å²) in [5.74, 6) is 0. The molecule has 0 radical (unpaired) electrons. The van der Waals surface area contributed by atoms with E-state index in [0.717, 1.165) is 25.7 Å². The zero-order valence-electron chi connectivity index (χ0n) is 10.2. The molecule has 18 heavy (non-hydrogen) atoms. The number of nitrogens with zero attached hydrogens (tertiary/aromatic N) is 3. The van der Waals surface area contributed by atoms with Gasteiger partial charge in [0.25, 0.3) is 0 Å². The SMILES string of the molecule is CC[C@@H](N)c1ccc(Sc2nnc(SC)s2)cn1. The Bertz CT molecular complexity index is 497. The van der Waals surface area contributed by atoms with Crippen LogP contribution in [0, 0.1) is 0 Å². The second kappa shape index (κ2) is 6.51. The number of nitrogens with two attached hydrogens (primary N) is 1. The first-order chi connectivity index (χ1) is 8.72. The van der Waals surface area contributed by atoms with Crippen LogP contribution in [-0.2, 0) is 0 Å². The number of pyridine rings is 1. The van der Waals surface area contributed by atoms with E-state index in [2.05, 4.69) is 22.1 Å². The van der Waals surface area contributed by atoms with Crippen LogP contribution in [-0.4, -0.2) is 21.4 Å². The molecule has 4 nitrogen and oxygen atoms in total. The van der Waals surface area contributed by atoms with Gasteiger partial charge in [-0.25, -0.2) is 0 Å². The molecule has 2 aromatic heterocycles. The fourth-order valence-electron chi connectivity index (χ4n) is 1.30. The van der Waals surface area contributed by atoms with Gasteiger partial charge in [0.15, 0.2) is 8.68 Å². The zero-order valence-corrected chi connectivity index (χ0v) is 12.6. The van der Waals surface area contributed by atoms with Crippen LogP contribution < -0.4 is 5.73 Å². The van der Waals surface area contributed by atoms with Crippen molar-refractivity contribution in [2.45, 2.75) is 33.0 Å². The predicted molar refractivity (Wildman–Crippen MR) is 77.3 cm³/mol. The highest BCUT2D eigenvalue weighted by Crippen LogP contribution is 2.32. The van der Waals surface area contributed by atoms with Crippen LogP contribution in [0.2, 0.25) is 0 Å². The minimum absolute atomic E-state index is 0.0219. The van der Waals surface area contributed by atoms with Crippen LogP contribution in [0.5, 0.6) is 0 Å². The van der Waals surface area contributed by atoms with Gasteiger partial charge in [-0.05, 0) is 24.8 Å². The van der Waals surface area contributed by atoms with Crippen molar-refractivity contribution >= 4 is 34.9 Å². The summed E-state index contributed by atoms with van der Waals surface area (Å²) in [6, 6.07) is 4.03. The first kappa shape index (κ1) is 13.8. The minimum Gasteiger partial charge on any atom is -0.323 e. The molecular formula is C11H14N4S3. The largest absolute Gasteiger partial charge is 0.323 e. The third-order valence-electron chi connectivity index (χ3n) is 2.35. The van der Waals surface area contributed by atoms with Crippen molar-refractivity contribution < 1.29 is 0 Å². The molecule has 2 aromatic rings. The van der Waals surface area contributed by atoms with E-state index in [9.17, 15) is 0 Å². The lowest BCUT2D eigenvalue weighted by molar-refractivity contribution is 0.674. The number of aromatic nitrogens is 3. The Morgan fingerprint density at radius 2 is 2.11 bits per heavy atom. The highest BCUT2D eigenvalue weighted by atomic mass is 32.2. The van der Waals surface area contributed by atoms with E-state index in [1.54, 1.807) is 34.9 Å². The molecule has 2 heterocycles. The molecule has 0 saturated carbocycles. The topological polar surface area (TPSA) is 64.7 Å². The van der Waals surface area contributed by atoms with Crippen LogP contribution in [0.1, 0.15) is 25.1 Å². The van der Waals surface area contributed by atoms with Gasteiger partial charge in [0.1, 0.15) is 0 Å². The van der Waals surface area contributed by atoms with Crippen molar-refractivity contribution in [3.63, 3.8) is 0 Å². The van der Waals surface area contributed by atoms with Gasteiger partial charge < -0.3 is 5.73 Å². The molecule has 0 saturated heterocycles. The monoisotopic (exact) mass is 298 g/mol. The fraction of sp³-hybridized carbons (Fsp3) is 0.364. The molecule has 0 fully saturated rings. The summed E-state index contributed by atoms with van der Waals surface area (Å²) in [4.78, 5) is 5.44. The molecular weight excluding hydrogens is 284 g/mol. The Hall–Kier alpha value is -0.630. The summed E-state index contributed by atoms with van der Waals surface area (Å²) in [5.41, 5.74) is 6.86. The van der Waals surface area contributed by atoms with E-state index in [1.807, 2.05) is 24.6 Å². The van der Waals surface area contributed by atoms with E-state index in [4.69, 9.17) is 5.73 Å². The van der Waals surface area contributed by atoms with Gasteiger partial charge in [-0.3, -0.25) is 4.98 Å².